The fraction of sp³-hybridized carbons (Fsp3) is 0.300. The smallest absolute Gasteiger partial charge is 0.452 e. The number of ether oxygens (including phenoxy) is 1. The number of sulfonamides is 1. The standard InChI is InChI=1S/C20H15F3N2O6S2/c21-20(22,23)15-9-12(24-31-15)14-5-6-16(32-14)33(28,29)25-19(18(26)27)11-7-8-30-13-4-2-1-3-10(13)17(11)19/h1-6,9,11,17,25H,7-8H2,(H,26,27). The number of para-hydroxylation sites is 1. The molecule has 2 aromatic heterocycles. The van der Waals surface area contributed by atoms with Crippen LogP contribution in [0, 0.1) is 5.92 Å². The number of rotatable bonds is 5. The average Bonchev–Trinajstić information content (AvgIpc) is 3.09. The van der Waals surface area contributed by atoms with Crippen LogP contribution < -0.4 is 9.46 Å². The third-order valence-electron chi connectivity index (χ3n) is 5.85. The average molecular weight is 500 g/mol. The molecule has 2 aliphatic rings. The van der Waals surface area contributed by atoms with Crippen molar-refractivity contribution in [1.29, 1.82) is 0 Å². The first-order chi connectivity index (χ1) is 15.5. The normalized spacial score (nSPS) is 24.3. The van der Waals surface area contributed by atoms with Gasteiger partial charge in [0.05, 0.1) is 11.5 Å². The Morgan fingerprint density at radius 2 is 2.00 bits per heavy atom. The van der Waals surface area contributed by atoms with E-state index < -0.39 is 45.3 Å². The SMILES string of the molecule is O=C(O)C1(NS(=O)(=O)c2ccc(-c3cc(C(F)(F)F)on3)s2)C2CCOc3ccccc3C21. The summed E-state index contributed by atoms with van der Waals surface area (Å²) in [6.07, 6.45) is -4.39. The van der Waals surface area contributed by atoms with E-state index in [-0.39, 0.29) is 21.4 Å². The molecular formula is C20H15F3N2O6S2. The van der Waals surface area contributed by atoms with E-state index in [1.807, 2.05) is 0 Å². The highest BCUT2D eigenvalue weighted by Crippen LogP contribution is 2.62. The molecule has 1 saturated carbocycles. The van der Waals surface area contributed by atoms with Crippen LogP contribution in [0.2, 0.25) is 0 Å². The minimum atomic E-state index is -4.73. The van der Waals surface area contributed by atoms with Crippen molar-refractivity contribution in [2.75, 3.05) is 6.61 Å². The molecular weight excluding hydrogens is 485 g/mol. The Bertz CT molecular complexity index is 1350. The van der Waals surface area contributed by atoms with Crippen molar-refractivity contribution < 1.29 is 40.8 Å². The summed E-state index contributed by atoms with van der Waals surface area (Å²) in [6, 6.07) is 10.0. The van der Waals surface area contributed by atoms with Gasteiger partial charge in [-0.1, -0.05) is 23.4 Å². The number of carboxylic acids is 1. The minimum absolute atomic E-state index is 0.128. The van der Waals surface area contributed by atoms with Gasteiger partial charge in [0, 0.05) is 23.5 Å². The number of nitrogens with zero attached hydrogens (tertiary/aromatic N) is 1. The highest BCUT2D eigenvalue weighted by atomic mass is 32.2. The number of hydrogen-bond acceptors (Lipinski definition) is 7. The summed E-state index contributed by atoms with van der Waals surface area (Å²) in [5, 5.41) is 13.4. The second-order valence-corrected chi connectivity index (χ2v) is 10.7. The van der Waals surface area contributed by atoms with Crippen molar-refractivity contribution in [2.45, 2.75) is 28.3 Å². The Hall–Kier alpha value is -2.90. The number of benzene rings is 1. The van der Waals surface area contributed by atoms with Gasteiger partial charge in [-0.25, -0.2) is 8.42 Å². The molecule has 3 unspecified atom stereocenters. The Morgan fingerprint density at radius 1 is 1.24 bits per heavy atom. The molecule has 3 atom stereocenters. The summed E-state index contributed by atoms with van der Waals surface area (Å²) in [6.45, 7) is 0.242. The van der Waals surface area contributed by atoms with Crippen molar-refractivity contribution >= 4 is 27.3 Å². The van der Waals surface area contributed by atoms with E-state index in [0.29, 0.717) is 35.1 Å². The molecule has 1 aliphatic heterocycles. The van der Waals surface area contributed by atoms with E-state index in [1.165, 1.54) is 12.1 Å². The summed E-state index contributed by atoms with van der Waals surface area (Å²) in [4.78, 5) is 12.4. The van der Waals surface area contributed by atoms with Gasteiger partial charge in [-0.2, -0.15) is 17.9 Å². The lowest BCUT2D eigenvalue weighted by Gasteiger charge is -2.18. The molecule has 0 bridgehead atoms. The van der Waals surface area contributed by atoms with Crippen molar-refractivity contribution in [3.05, 3.63) is 53.8 Å². The van der Waals surface area contributed by atoms with E-state index in [4.69, 9.17) is 4.74 Å². The van der Waals surface area contributed by atoms with Crippen LogP contribution in [-0.2, 0) is 21.0 Å². The number of aliphatic carboxylic acids is 1. The molecule has 13 heteroatoms. The first-order valence-corrected chi connectivity index (χ1v) is 12.0. The molecule has 3 aromatic rings. The Balaban J connectivity index is 1.46. The van der Waals surface area contributed by atoms with Crippen molar-refractivity contribution in [3.63, 3.8) is 0 Å². The summed E-state index contributed by atoms with van der Waals surface area (Å²) in [7, 11) is -4.32. The molecule has 0 amide bonds. The maximum Gasteiger partial charge on any atom is 0.452 e. The third kappa shape index (κ3) is 3.50. The second kappa shape index (κ2) is 7.30. The fourth-order valence-electron chi connectivity index (χ4n) is 4.35. The molecule has 2 N–H and O–H groups in total. The topological polar surface area (TPSA) is 119 Å². The van der Waals surface area contributed by atoms with Crippen LogP contribution in [0.15, 0.2) is 51.2 Å². The molecule has 0 radical (unpaired) electrons. The van der Waals surface area contributed by atoms with Crippen molar-refractivity contribution in [3.8, 4) is 16.3 Å². The lowest BCUT2D eigenvalue weighted by molar-refractivity contribution is -0.155. The lowest BCUT2D eigenvalue weighted by Crippen LogP contribution is -2.46. The van der Waals surface area contributed by atoms with Crippen molar-refractivity contribution in [2.24, 2.45) is 5.92 Å². The van der Waals surface area contributed by atoms with Gasteiger partial charge in [0.2, 0.25) is 5.76 Å². The zero-order valence-electron chi connectivity index (χ0n) is 16.5. The zero-order valence-corrected chi connectivity index (χ0v) is 18.1. The molecule has 174 valence electrons. The second-order valence-electron chi connectivity index (χ2n) is 7.73. The van der Waals surface area contributed by atoms with Gasteiger partial charge in [0.15, 0.2) is 0 Å². The van der Waals surface area contributed by atoms with E-state index >= 15 is 0 Å². The Labute approximate surface area is 189 Å². The molecule has 0 spiro atoms. The van der Waals surface area contributed by atoms with Gasteiger partial charge in [0.1, 0.15) is 21.2 Å². The molecule has 5 rings (SSSR count). The number of nitrogens with one attached hydrogen (secondary N) is 1. The van der Waals surface area contributed by atoms with Crippen LogP contribution in [0.5, 0.6) is 5.75 Å². The highest BCUT2D eigenvalue weighted by molar-refractivity contribution is 7.91. The molecule has 8 nitrogen and oxygen atoms in total. The summed E-state index contributed by atoms with van der Waals surface area (Å²) in [5.74, 6) is -3.24. The van der Waals surface area contributed by atoms with Gasteiger partial charge in [-0.3, -0.25) is 4.79 Å². The molecule has 1 aromatic carbocycles. The quantitative estimate of drug-likeness (QED) is 0.548. The van der Waals surface area contributed by atoms with Crippen LogP contribution in [0.1, 0.15) is 23.7 Å². The van der Waals surface area contributed by atoms with E-state index in [9.17, 15) is 31.5 Å². The first kappa shape index (κ1) is 21.9. The fourth-order valence-corrected chi connectivity index (χ4v) is 7.04. The number of halogens is 3. The lowest BCUT2D eigenvalue weighted by atomic mass is 10.1. The summed E-state index contributed by atoms with van der Waals surface area (Å²) < 4.78 is 76.6. The zero-order chi connectivity index (χ0) is 23.6. The molecule has 0 saturated heterocycles. The Kier molecular flexibility index (Phi) is 4.85. The van der Waals surface area contributed by atoms with Crippen LogP contribution in [0.4, 0.5) is 13.2 Å². The van der Waals surface area contributed by atoms with E-state index in [0.717, 1.165) is 0 Å². The van der Waals surface area contributed by atoms with Gasteiger partial charge < -0.3 is 14.4 Å². The largest absolute Gasteiger partial charge is 0.493 e. The van der Waals surface area contributed by atoms with Gasteiger partial charge in [-0.05, 0) is 24.6 Å². The molecule has 1 fully saturated rings. The van der Waals surface area contributed by atoms with Crippen LogP contribution in [0.25, 0.3) is 10.6 Å². The predicted molar refractivity (Wildman–Crippen MR) is 108 cm³/mol. The first-order valence-electron chi connectivity index (χ1n) is 9.67. The van der Waals surface area contributed by atoms with Gasteiger partial charge in [0.25, 0.3) is 10.0 Å². The maximum absolute atomic E-state index is 13.1. The minimum Gasteiger partial charge on any atom is -0.493 e. The van der Waals surface area contributed by atoms with Crippen LogP contribution in [0.3, 0.4) is 0 Å². The van der Waals surface area contributed by atoms with E-state index in [1.54, 1.807) is 24.3 Å². The number of carboxylic acid groups (broad SMARTS) is 1. The number of thiophene rings is 1. The predicted octanol–water partition coefficient (Wildman–Crippen LogP) is 3.72. The Morgan fingerprint density at radius 3 is 2.70 bits per heavy atom. The van der Waals surface area contributed by atoms with Crippen LogP contribution >= 0.6 is 11.3 Å². The monoisotopic (exact) mass is 500 g/mol. The number of alkyl halides is 3. The summed E-state index contributed by atoms with van der Waals surface area (Å²) in [5.41, 5.74) is -1.32. The van der Waals surface area contributed by atoms with Gasteiger partial charge in [-0.15, -0.1) is 11.3 Å². The number of fused-ring (bicyclic) bond motifs is 3. The number of carbonyl (C=O) groups is 1. The number of hydrogen-bond donors (Lipinski definition) is 2. The maximum atomic E-state index is 13.1. The van der Waals surface area contributed by atoms with Gasteiger partial charge >= 0.3 is 12.1 Å². The van der Waals surface area contributed by atoms with E-state index in [2.05, 4.69) is 14.4 Å². The molecule has 3 heterocycles. The molecule has 1 aliphatic carbocycles. The van der Waals surface area contributed by atoms with Crippen molar-refractivity contribution in [1.82, 2.24) is 9.88 Å². The highest BCUT2D eigenvalue weighted by Gasteiger charge is 2.73. The van der Waals surface area contributed by atoms with Crippen LogP contribution in [-0.4, -0.2) is 36.8 Å². The number of aromatic nitrogens is 1. The molecule has 33 heavy (non-hydrogen) atoms. The third-order valence-corrected chi connectivity index (χ3v) is 8.94. The summed E-state index contributed by atoms with van der Waals surface area (Å²) >= 11 is 0.662.